The lowest BCUT2D eigenvalue weighted by Gasteiger charge is -2.34. The number of nitrogens with two attached hydrogens (primary N) is 1. The second kappa shape index (κ2) is 7.41. The molecule has 22 heavy (non-hydrogen) atoms. The zero-order valence-electron chi connectivity index (χ0n) is 12.9. The summed E-state index contributed by atoms with van der Waals surface area (Å²) in [5.74, 6) is 0.940. The van der Waals surface area contributed by atoms with Gasteiger partial charge in [-0.3, -0.25) is 9.80 Å². The van der Waals surface area contributed by atoms with Gasteiger partial charge in [0, 0.05) is 55.9 Å². The number of hydrogen-bond donors (Lipinski definition) is 1. The van der Waals surface area contributed by atoms with Crippen LogP contribution in [0.1, 0.15) is 21.9 Å². The van der Waals surface area contributed by atoms with Crippen LogP contribution in [0.15, 0.2) is 10.7 Å². The van der Waals surface area contributed by atoms with E-state index in [9.17, 15) is 0 Å². The molecule has 0 bridgehead atoms. The van der Waals surface area contributed by atoms with Crippen molar-refractivity contribution in [2.45, 2.75) is 26.9 Å². The van der Waals surface area contributed by atoms with Gasteiger partial charge in [0.1, 0.15) is 5.76 Å². The first-order chi connectivity index (χ1) is 10.1. The van der Waals surface area contributed by atoms with Gasteiger partial charge in [0.05, 0.1) is 5.69 Å². The van der Waals surface area contributed by atoms with E-state index in [-0.39, 0.29) is 12.4 Å². The topological polar surface area (TPSA) is 71.4 Å². The van der Waals surface area contributed by atoms with Crippen molar-refractivity contribution in [3.63, 3.8) is 0 Å². The van der Waals surface area contributed by atoms with E-state index in [0.29, 0.717) is 5.13 Å². The van der Waals surface area contributed by atoms with Gasteiger partial charge in [-0.15, -0.1) is 23.7 Å². The zero-order chi connectivity index (χ0) is 14.8. The van der Waals surface area contributed by atoms with E-state index in [1.807, 2.05) is 20.0 Å². The van der Waals surface area contributed by atoms with Crippen molar-refractivity contribution < 1.29 is 4.52 Å². The minimum absolute atomic E-state index is 0. The van der Waals surface area contributed by atoms with E-state index >= 15 is 0 Å². The zero-order valence-corrected chi connectivity index (χ0v) is 14.5. The fourth-order valence-electron chi connectivity index (χ4n) is 2.67. The first kappa shape index (κ1) is 17.2. The molecule has 0 aromatic carbocycles. The number of nitrogens with zero attached hydrogens (tertiary/aromatic N) is 4. The van der Waals surface area contributed by atoms with Crippen molar-refractivity contribution >= 4 is 28.9 Å². The average molecular weight is 344 g/mol. The van der Waals surface area contributed by atoms with E-state index < -0.39 is 0 Å². The molecule has 2 aromatic rings. The Labute approximate surface area is 140 Å². The molecule has 3 rings (SSSR count). The Kier molecular flexibility index (Phi) is 5.80. The summed E-state index contributed by atoms with van der Waals surface area (Å²) >= 11 is 1.58. The largest absolute Gasteiger partial charge is 0.375 e. The number of nitrogen functional groups attached to an aromatic ring is 1. The van der Waals surface area contributed by atoms with Crippen molar-refractivity contribution in [1.82, 2.24) is 19.9 Å². The standard InChI is InChI=1S/C14H21N5OS.ClH/c1-10-13(11(2)20-17-10)9-19-5-3-18(4-6-19)8-12-7-16-14(15)21-12;/h7H,3-6,8-9H2,1-2H3,(H2,15,16);1H. The molecule has 1 fully saturated rings. The summed E-state index contributed by atoms with van der Waals surface area (Å²) in [5.41, 5.74) is 7.92. The predicted octanol–water partition coefficient (Wildman–Crippen LogP) is 2.07. The van der Waals surface area contributed by atoms with Crippen molar-refractivity contribution in [1.29, 1.82) is 0 Å². The quantitative estimate of drug-likeness (QED) is 0.916. The maximum Gasteiger partial charge on any atom is 0.180 e. The molecular formula is C14H22ClN5OS. The van der Waals surface area contributed by atoms with Crippen LogP contribution < -0.4 is 5.73 Å². The minimum Gasteiger partial charge on any atom is -0.375 e. The first-order valence-corrected chi connectivity index (χ1v) is 8.00. The Morgan fingerprint density at radius 1 is 1.18 bits per heavy atom. The molecule has 0 saturated carbocycles. The lowest BCUT2D eigenvalue weighted by Crippen LogP contribution is -2.45. The molecule has 1 saturated heterocycles. The number of hydrogen-bond acceptors (Lipinski definition) is 7. The van der Waals surface area contributed by atoms with Crippen molar-refractivity contribution in [2.24, 2.45) is 0 Å². The Morgan fingerprint density at radius 3 is 2.32 bits per heavy atom. The van der Waals surface area contributed by atoms with Crippen LogP contribution in [-0.4, -0.2) is 46.1 Å². The van der Waals surface area contributed by atoms with Gasteiger partial charge in [-0.05, 0) is 13.8 Å². The van der Waals surface area contributed by atoms with Crippen molar-refractivity contribution in [3.05, 3.63) is 28.1 Å². The summed E-state index contributed by atoms with van der Waals surface area (Å²) in [7, 11) is 0. The van der Waals surface area contributed by atoms with Crippen LogP contribution >= 0.6 is 23.7 Å². The number of piperazine rings is 1. The van der Waals surface area contributed by atoms with Gasteiger partial charge in [0.15, 0.2) is 5.13 Å². The third-order valence-corrected chi connectivity index (χ3v) is 4.79. The highest BCUT2D eigenvalue weighted by atomic mass is 35.5. The number of rotatable bonds is 4. The molecule has 0 amide bonds. The summed E-state index contributed by atoms with van der Waals surface area (Å²) in [5, 5.41) is 4.68. The van der Waals surface area contributed by atoms with Crippen LogP contribution in [0.4, 0.5) is 5.13 Å². The second-order valence-electron chi connectivity index (χ2n) is 5.52. The van der Waals surface area contributed by atoms with Crippen molar-refractivity contribution in [3.8, 4) is 0 Å². The van der Waals surface area contributed by atoms with Gasteiger partial charge in [0.25, 0.3) is 0 Å². The van der Waals surface area contributed by atoms with E-state index in [1.165, 1.54) is 10.4 Å². The van der Waals surface area contributed by atoms with Gasteiger partial charge in [-0.2, -0.15) is 0 Å². The van der Waals surface area contributed by atoms with E-state index in [4.69, 9.17) is 10.3 Å². The molecule has 0 radical (unpaired) electrons. The molecule has 0 unspecified atom stereocenters. The van der Waals surface area contributed by atoms with Crippen LogP contribution in [0.2, 0.25) is 0 Å². The lowest BCUT2D eigenvalue weighted by atomic mass is 10.2. The fourth-order valence-corrected chi connectivity index (χ4v) is 3.40. The molecule has 2 N–H and O–H groups in total. The molecule has 3 heterocycles. The number of aryl methyl sites for hydroxylation is 2. The van der Waals surface area contributed by atoms with Crippen molar-refractivity contribution in [2.75, 3.05) is 31.9 Å². The number of thiazole rings is 1. The van der Waals surface area contributed by atoms with Crippen LogP contribution in [0.5, 0.6) is 0 Å². The molecular weight excluding hydrogens is 322 g/mol. The Hall–Kier alpha value is -1.15. The highest BCUT2D eigenvalue weighted by Crippen LogP contribution is 2.19. The van der Waals surface area contributed by atoms with Gasteiger partial charge < -0.3 is 10.3 Å². The van der Waals surface area contributed by atoms with Crippen LogP contribution in [0.25, 0.3) is 0 Å². The molecule has 6 nitrogen and oxygen atoms in total. The second-order valence-corrected chi connectivity index (χ2v) is 6.67. The summed E-state index contributed by atoms with van der Waals surface area (Å²) in [4.78, 5) is 10.3. The summed E-state index contributed by atoms with van der Waals surface area (Å²) in [6.07, 6.45) is 1.89. The molecule has 1 aliphatic rings. The smallest absolute Gasteiger partial charge is 0.180 e. The highest BCUT2D eigenvalue weighted by molar-refractivity contribution is 7.15. The predicted molar refractivity (Wildman–Crippen MR) is 90.3 cm³/mol. The van der Waals surface area contributed by atoms with E-state index in [2.05, 4.69) is 19.9 Å². The third kappa shape index (κ3) is 3.98. The van der Waals surface area contributed by atoms with E-state index in [0.717, 1.165) is 50.7 Å². The first-order valence-electron chi connectivity index (χ1n) is 7.18. The molecule has 8 heteroatoms. The molecule has 0 spiro atoms. The van der Waals surface area contributed by atoms with Crippen LogP contribution in [0.3, 0.4) is 0 Å². The molecule has 0 aliphatic carbocycles. The molecule has 0 atom stereocenters. The number of halogens is 1. The lowest BCUT2D eigenvalue weighted by molar-refractivity contribution is 0.122. The number of anilines is 1. The number of aromatic nitrogens is 2. The summed E-state index contributed by atoms with van der Waals surface area (Å²) < 4.78 is 5.23. The Balaban J connectivity index is 0.00000176. The maximum atomic E-state index is 5.68. The Bertz CT molecular complexity index is 587. The molecule has 1 aliphatic heterocycles. The van der Waals surface area contributed by atoms with Crippen LogP contribution in [0, 0.1) is 13.8 Å². The molecule has 122 valence electrons. The summed E-state index contributed by atoms with van der Waals surface area (Å²) in [6, 6.07) is 0. The van der Waals surface area contributed by atoms with E-state index in [1.54, 1.807) is 11.3 Å². The highest BCUT2D eigenvalue weighted by Gasteiger charge is 2.20. The summed E-state index contributed by atoms with van der Waals surface area (Å²) in [6.45, 7) is 10.2. The normalized spacial score (nSPS) is 16.6. The third-order valence-electron chi connectivity index (χ3n) is 3.98. The molecule has 2 aromatic heterocycles. The monoisotopic (exact) mass is 343 g/mol. The van der Waals surface area contributed by atoms with Crippen LogP contribution in [-0.2, 0) is 13.1 Å². The maximum absolute atomic E-state index is 5.68. The van der Waals surface area contributed by atoms with Gasteiger partial charge in [0.2, 0.25) is 0 Å². The average Bonchev–Trinajstić information content (AvgIpc) is 3.01. The van der Waals surface area contributed by atoms with Gasteiger partial charge >= 0.3 is 0 Å². The van der Waals surface area contributed by atoms with Gasteiger partial charge in [-0.1, -0.05) is 5.16 Å². The van der Waals surface area contributed by atoms with Gasteiger partial charge in [-0.25, -0.2) is 4.98 Å². The SMILES string of the molecule is Cc1noc(C)c1CN1CCN(Cc2cnc(N)s2)CC1.Cl. The minimum atomic E-state index is 0. The Morgan fingerprint density at radius 2 is 1.82 bits per heavy atom. The fraction of sp³-hybridized carbons (Fsp3) is 0.571.